The number of ether oxygens (including phenoxy) is 5. The fraction of sp³-hybridized carbons (Fsp3) is 0.250. The van der Waals surface area contributed by atoms with E-state index in [0.29, 0.717) is 50.8 Å². The third-order valence-electron chi connectivity index (χ3n) is 4.27. The van der Waals surface area contributed by atoms with Crippen LogP contribution in [0, 0.1) is 0 Å². The molecular weight excluding hydrogens is 352 g/mol. The van der Waals surface area contributed by atoms with Gasteiger partial charge in [0.1, 0.15) is 11.8 Å². The molecule has 0 saturated carbocycles. The highest BCUT2D eigenvalue weighted by Gasteiger charge is 2.21. The quantitative estimate of drug-likeness (QED) is 0.655. The molecule has 7 nitrogen and oxygen atoms in total. The number of benzene rings is 2. The Balaban J connectivity index is 2.30. The van der Waals surface area contributed by atoms with E-state index in [-0.39, 0.29) is 5.43 Å². The first-order valence-corrected chi connectivity index (χ1v) is 8.06. The van der Waals surface area contributed by atoms with Crippen LogP contribution in [0.15, 0.2) is 39.7 Å². The summed E-state index contributed by atoms with van der Waals surface area (Å²) >= 11 is 0. The molecule has 0 amide bonds. The fourth-order valence-electron chi connectivity index (χ4n) is 2.96. The molecule has 3 rings (SSSR count). The van der Waals surface area contributed by atoms with Crippen LogP contribution in [-0.2, 0) is 0 Å². The Morgan fingerprint density at radius 3 is 1.93 bits per heavy atom. The molecule has 0 fully saturated rings. The van der Waals surface area contributed by atoms with E-state index in [1.54, 1.807) is 24.3 Å². The first-order valence-electron chi connectivity index (χ1n) is 8.06. The number of hydrogen-bond acceptors (Lipinski definition) is 7. The van der Waals surface area contributed by atoms with Gasteiger partial charge < -0.3 is 28.1 Å². The molecule has 0 radical (unpaired) electrons. The van der Waals surface area contributed by atoms with Crippen LogP contribution in [0.1, 0.15) is 0 Å². The number of fused-ring (bicyclic) bond motifs is 1. The summed E-state index contributed by atoms with van der Waals surface area (Å²) in [5.41, 5.74) is 1.01. The van der Waals surface area contributed by atoms with Crippen LogP contribution in [0.2, 0.25) is 0 Å². The summed E-state index contributed by atoms with van der Waals surface area (Å²) in [6, 6.07) is 6.63. The monoisotopic (exact) mass is 372 g/mol. The molecule has 1 heterocycles. The van der Waals surface area contributed by atoms with Crippen molar-refractivity contribution in [2.75, 3.05) is 35.5 Å². The first-order chi connectivity index (χ1) is 13.1. The largest absolute Gasteiger partial charge is 0.493 e. The van der Waals surface area contributed by atoms with Crippen LogP contribution >= 0.6 is 0 Å². The maximum atomic E-state index is 13.1. The van der Waals surface area contributed by atoms with Gasteiger partial charge in [-0.3, -0.25) is 4.79 Å². The van der Waals surface area contributed by atoms with Crippen molar-refractivity contribution in [2.24, 2.45) is 0 Å². The van der Waals surface area contributed by atoms with E-state index in [1.807, 2.05) is 0 Å². The van der Waals surface area contributed by atoms with Gasteiger partial charge >= 0.3 is 0 Å². The van der Waals surface area contributed by atoms with E-state index in [9.17, 15) is 4.79 Å². The highest BCUT2D eigenvalue weighted by Crippen LogP contribution is 2.44. The molecule has 0 spiro atoms. The minimum Gasteiger partial charge on any atom is -0.493 e. The van der Waals surface area contributed by atoms with Crippen molar-refractivity contribution in [3.63, 3.8) is 0 Å². The lowest BCUT2D eigenvalue weighted by Crippen LogP contribution is -2.07. The number of rotatable bonds is 6. The molecule has 0 bridgehead atoms. The summed E-state index contributed by atoms with van der Waals surface area (Å²) < 4.78 is 32.4. The second-order valence-corrected chi connectivity index (χ2v) is 5.56. The number of methoxy groups -OCH3 is 5. The molecule has 27 heavy (non-hydrogen) atoms. The smallest absolute Gasteiger partial charge is 0.203 e. The predicted octanol–water partition coefficient (Wildman–Crippen LogP) is 3.50. The van der Waals surface area contributed by atoms with Gasteiger partial charge in [0.15, 0.2) is 23.0 Å². The van der Waals surface area contributed by atoms with E-state index in [1.165, 1.54) is 41.8 Å². The summed E-state index contributed by atoms with van der Waals surface area (Å²) in [7, 11) is 7.56. The molecule has 142 valence electrons. The highest BCUT2D eigenvalue weighted by atomic mass is 16.5. The predicted molar refractivity (Wildman–Crippen MR) is 101 cm³/mol. The van der Waals surface area contributed by atoms with Gasteiger partial charge in [-0.15, -0.1) is 0 Å². The van der Waals surface area contributed by atoms with Crippen molar-refractivity contribution < 1.29 is 28.1 Å². The Hall–Kier alpha value is -3.35. The van der Waals surface area contributed by atoms with Crippen LogP contribution in [0.4, 0.5) is 0 Å². The van der Waals surface area contributed by atoms with Gasteiger partial charge in [-0.1, -0.05) is 0 Å². The Morgan fingerprint density at radius 1 is 0.704 bits per heavy atom. The second-order valence-electron chi connectivity index (χ2n) is 5.56. The van der Waals surface area contributed by atoms with E-state index in [2.05, 4.69) is 0 Å². The second kappa shape index (κ2) is 7.49. The minimum absolute atomic E-state index is 0.234. The van der Waals surface area contributed by atoms with Crippen molar-refractivity contribution in [1.82, 2.24) is 0 Å². The molecule has 1 aromatic heterocycles. The van der Waals surface area contributed by atoms with Gasteiger partial charge in [-0.2, -0.15) is 0 Å². The Bertz CT molecular complexity index is 1040. The molecule has 7 heteroatoms. The maximum Gasteiger partial charge on any atom is 0.203 e. The van der Waals surface area contributed by atoms with Gasteiger partial charge in [0, 0.05) is 11.6 Å². The van der Waals surface area contributed by atoms with Crippen molar-refractivity contribution in [1.29, 1.82) is 0 Å². The summed E-state index contributed by atoms with van der Waals surface area (Å²) in [5.74, 6) is 2.18. The lowest BCUT2D eigenvalue weighted by molar-refractivity contribution is 0.325. The third-order valence-corrected chi connectivity index (χ3v) is 4.27. The minimum atomic E-state index is -0.234. The molecule has 2 aromatic carbocycles. The fourth-order valence-corrected chi connectivity index (χ4v) is 2.96. The summed E-state index contributed by atoms with van der Waals surface area (Å²) in [6.07, 6.45) is 1.39. The zero-order valence-corrected chi connectivity index (χ0v) is 15.7. The van der Waals surface area contributed by atoms with E-state index in [0.717, 1.165) is 0 Å². The molecule has 0 aliphatic rings. The molecule has 3 aromatic rings. The highest BCUT2D eigenvalue weighted by molar-refractivity contribution is 5.86. The summed E-state index contributed by atoms with van der Waals surface area (Å²) in [4.78, 5) is 13.1. The topological polar surface area (TPSA) is 76.4 Å². The van der Waals surface area contributed by atoms with Gasteiger partial charge in [0.05, 0.1) is 46.5 Å². The van der Waals surface area contributed by atoms with Crippen LogP contribution < -0.4 is 29.1 Å². The van der Waals surface area contributed by atoms with Crippen molar-refractivity contribution in [2.45, 2.75) is 0 Å². The zero-order valence-electron chi connectivity index (χ0n) is 15.7. The van der Waals surface area contributed by atoms with E-state index in [4.69, 9.17) is 28.1 Å². The van der Waals surface area contributed by atoms with Crippen LogP contribution in [0.25, 0.3) is 22.1 Å². The van der Waals surface area contributed by atoms with Gasteiger partial charge in [0.25, 0.3) is 0 Å². The van der Waals surface area contributed by atoms with E-state index >= 15 is 0 Å². The average Bonchev–Trinajstić information content (AvgIpc) is 2.71. The molecular formula is C20H20O7. The molecule has 0 saturated heterocycles. The SMILES string of the molecule is COc1cc2occ(-c3ccc(OC)c(OC)c3OC)c(=O)c2cc1OC. The summed E-state index contributed by atoms with van der Waals surface area (Å²) in [5, 5.41) is 0.363. The van der Waals surface area contributed by atoms with Gasteiger partial charge in [-0.05, 0) is 18.2 Å². The average molecular weight is 372 g/mol. The van der Waals surface area contributed by atoms with Gasteiger partial charge in [-0.25, -0.2) is 0 Å². The van der Waals surface area contributed by atoms with Crippen LogP contribution in [0.3, 0.4) is 0 Å². The normalized spacial score (nSPS) is 10.6. The Kier molecular flexibility index (Phi) is 5.12. The lowest BCUT2D eigenvalue weighted by atomic mass is 10.0. The standard InChI is InChI=1S/C20H20O7/c1-22-14-7-6-11(19(25-4)20(14)26-5)13-10-27-15-9-17(24-3)16(23-2)8-12(15)18(13)21/h6-10H,1-5H3. The molecule has 0 atom stereocenters. The third kappa shape index (κ3) is 3.01. The first kappa shape index (κ1) is 18.4. The Labute approximate surface area is 156 Å². The zero-order chi connectivity index (χ0) is 19.6. The van der Waals surface area contributed by atoms with Crippen LogP contribution in [0.5, 0.6) is 28.7 Å². The van der Waals surface area contributed by atoms with Crippen molar-refractivity contribution >= 4 is 11.0 Å². The lowest BCUT2D eigenvalue weighted by Gasteiger charge is -2.15. The molecule has 0 aliphatic carbocycles. The molecule has 0 N–H and O–H groups in total. The van der Waals surface area contributed by atoms with Gasteiger partial charge in [0.2, 0.25) is 11.2 Å². The summed E-state index contributed by atoms with van der Waals surface area (Å²) in [6.45, 7) is 0. The van der Waals surface area contributed by atoms with E-state index < -0.39 is 0 Å². The number of hydrogen-bond donors (Lipinski definition) is 0. The van der Waals surface area contributed by atoms with Crippen molar-refractivity contribution in [3.8, 4) is 39.9 Å². The van der Waals surface area contributed by atoms with Crippen LogP contribution in [-0.4, -0.2) is 35.5 Å². The molecule has 0 aliphatic heterocycles. The Morgan fingerprint density at radius 2 is 1.33 bits per heavy atom. The van der Waals surface area contributed by atoms with Crippen molar-refractivity contribution in [3.05, 3.63) is 40.8 Å². The molecule has 0 unspecified atom stereocenters. The maximum absolute atomic E-state index is 13.1.